The molecule has 2 N–H and O–H groups in total. The Kier molecular flexibility index (Phi) is 5.83. The largest absolute Gasteiger partial charge is 0.491 e. The van der Waals surface area contributed by atoms with Crippen molar-refractivity contribution < 1.29 is 14.3 Å². The van der Waals surface area contributed by atoms with Crippen molar-refractivity contribution in [3.8, 4) is 5.75 Å². The normalized spacial score (nSPS) is 13.7. The lowest BCUT2D eigenvalue weighted by Crippen LogP contribution is -2.51. The second-order valence-electron chi connectivity index (χ2n) is 4.82. The summed E-state index contributed by atoms with van der Waals surface area (Å²) in [5, 5.41) is 0. The van der Waals surface area contributed by atoms with Crippen LogP contribution in [0.25, 0.3) is 0 Å². The second-order valence-corrected chi connectivity index (χ2v) is 4.82. The monoisotopic (exact) mass is 265 g/mol. The van der Waals surface area contributed by atoms with Crippen molar-refractivity contribution in [3.63, 3.8) is 0 Å². The van der Waals surface area contributed by atoms with E-state index in [1.54, 1.807) is 13.8 Å². The van der Waals surface area contributed by atoms with Crippen LogP contribution in [-0.2, 0) is 16.0 Å². The number of rotatable bonds is 7. The lowest BCUT2D eigenvalue weighted by Gasteiger charge is -2.22. The third kappa shape index (κ3) is 4.91. The van der Waals surface area contributed by atoms with Crippen molar-refractivity contribution in [2.75, 3.05) is 13.2 Å². The van der Waals surface area contributed by atoms with Gasteiger partial charge in [0.15, 0.2) is 0 Å². The van der Waals surface area contributed by atoms with E-state index in [1.165, 1.54) is 5.56 Å². The summed E-state index contributed by atoms with van der Waals surface area (Å²) in [6, 6.07) is 7.84. The summed E-state index contributed by atoms with van der Waals surface area (Å²) in [4.78, 5) is 11.6. The molecule has 4 heteroatoms. The van der Waals surface area contributed by atoms with Crippen molar-refractivity contribution in [2.24, 2.45) is 5.73 Å². The van der Waals surface area contributed by atoms with E-state index in [-0.39, 0.29) is 6.61 Å². The zero-order valence-electron chi connectivity index (χ0n) is 11.9. The number of benzene rings is 1. The Morgan fingerprint density at radius 1 is 1.26 bits per heavy atom. The Morgan fingerprint density at radius 3 is 2.42 bits per heavy atom. The van der Waals surface area contributed by atoms with E-state index >= 15 is 0 Å². The van der Waals surface area contributed by atoms with Crippen molar-refractivity contribution in [3.05, 3.63) is 29.8 Å². The maximum atomic E-state index is 11.6. The van der Waals surface area contributed by atoms with Gasteiger partial charge in [0, 0.05) is 0 Å². The van der Waals surface area contributed by atoms with Gasteiger partial charge < -0.3 is 15.2 Å². The van der Waals surface area contributed by atoms with E-state index in [4.69, 9.17) is 15.2 Å². The molecule has 0 radical (unpaired) electrons. The Hall–Kier alpha value is -1.55. The number of nitrogens with two attached hydrogens (primary N) is 1. The molecule has 4 nitrogen and oxygen atoms in total. The molecule has 1 atom stereocenters. The minimum Gasteiger partial charge on any atom is -0.491 e. The Bertz CT molecular complexity index is 398. The first-order chi connectivity index (χ1) is 8.99. The summed E-state index contributed by atoms with van der Waals surface area (Å²) in [6.07, 6.45) is 2.17. The number of hydrogen-bond donors (Lipinski definition) is 1. The van der Waals surface area contributed by atoms with Crippen LogP contribution in [0.15, 0.2) is 24.3 Å². The lowest BCUT2D eigenvalue weighted by molar-refractivity contribution is -0.150. The van der Waals surface area contributed by atoms with Crippen molar-refractivity contribution >= 4 is 5.97 Å². The van der Waals surface area contributed by atoms with Gasteiger partial charge in [-0.15, -0.1) is 0 Å². The van der Waals surface area contributed by atoms with Crippen LogP contribution in [0.1, 0.15) is 32.8 Å². The van der Waals surface area contributed by atoms with Crippen LogP contribution in [0.3, 0.4) is 0 Å². The molecule has 106 valence electrons. The van der Waals surface area contributed by atoms with Gasteiger partial charge in [0.1, 0.15) is 17.9 Å². The molecule has 0 aliphatic carbocycles. The maximum absolute atomic E-state index is 11.6. The molecule has 1 aromatic carbocycles. The van der Waals surface area contributed by atoms with Crippen LogP contribution in [0, 0.1) is 0 Å². The molecule has 1 aromatic rings. The number of aryl methyl sites for hydroxylation is 1. The lowest BCUT2D eigenvalue weighted by atomic mass is 10.1. The van der Waals surface area contributed by atoms with E-state index in [0.717, 1.165) is 12.8 Å². The van der Waals surface area contributed by atoms with E-state index < -0.39 is 11.5 Å². The van der Waals surface area contributed by atoms with Gasteiger partial charge in [0.25, 0.3) is 0 Å². The molecule has 0 spiro atoms. The number of hydrogen-bond acceptors (Lipinski definition) is 4. The van der Waals surface area contributed by atoms with Crippen LogP contribution >= 0.6 is 0 Å². The van der Waals surface area contributed by atoms with Crippen molar-refractivity contribution in [1.29, 1.82) is 0 Å². The van der Waals surface area contributed by atoms with Gasteiger partial charge in [0.05, 0.1) is 6.61 Å². The topological polar surface area (TPSA) is 61.5 Å². The highest BCUT2D eigenvalue weighted by molar-refractivity contribution is 5.80. The highest BCUT2D eigenvalue weighted by atomic mass is 16.5. The zero-order valence-corrected chi connectivity index (χ0v) is 11.9. The highest BCUT2D eigenvalue weighted by Gasteiger charge is 2.31. The van der Waals surface area contributed by atoms with Crippen LogP contribution < -0.4 is 10.5 Å². The van der Waals surface area contributed by atoms with Crippen molar-refractivity contribution in [2.45, 2.75) is 39.2 Å². The SMILES string of the molecule is CCCc1ccc(OCC(C)(N)C(=O)OCC)cc1. The summed E-state index contributed by atoms with van der Waals surface area (Å²) >= 11 is 0. The van der Waals surface area contributed by atoms with Gasteiger partial charge in [-0.1, -0.05) is 25.5 Å². The first-order valence-electron chi connectivity index (χ1n) is 6.67. The average Bonchev–Trinajstić information content (AvgIpc) is 2.39. The summed E-state index contributed by atoms with van der Waals surface area (Å²) in [5.41, 5.74) is 6.02. The first kappa shape index (κ1) is 15.5. The Labute approximate surface area is 114 Å². The van der Waals surface area contributed by atoms with Gasteiger partial charge in [-0.3, -0.25) is 0 Å². The molecule has 1 rings (SSSR count). The predicted molar refractivity (Wildman–Crippen MR) is 75.2 cm³/mol. The third-order valence-corrected chi connectivity index (χ3v) is 2.74. The summed E-state index contributed by atoms with van der Waals surface area (Å²) < 4.78 is 10.4. The van der Waals surface area contributed by atoms with Gasteiger partial charge in [-0.05, 0) is 38.0 Å². The molecule has 1 unspecified atom stereocenters. The molecule has 0 heterocycles. The smallest absolute Gasteiger partial charge is 0.329 e. The minimum atomic E-state index is -1.13. The Morgan fingerprint density at radius 2 is 1.89 bits per heavy atom. The molecule has 0 aromatic heterocycles. The molecule has 0 saturated carbocycles. The quantitative estimate of drug-likeness (QED) is 0.768. The van der Waals surface area contributed by atoms with Crippen LogP contribution in [0.5, 0.6) is 5.75 Å². The van der Waals surface area contributed by atoms with E-state index in [9.17, 15) is 4.79 Å². The molecule has 0 fully saturated rings. The molecule has 0 aliphatic rings. The molecule has 0 saturated heterocycles. The van der Waals surface area contributed by atoms with Gasteiger partial charge in [-0.2, -0.15) is 0 Å². The third-order valence-electron chi connectivity index (χ3n) is 2.74. The zero-order chi connectivity index (χ0) is 14.3. The van der Waals surface area contributed by atoms with Crippen molar-refractivity contribution in [1.82, 2.24) is 0 Å². The number of carbonyl (C=O) groups is 1. The highest BCUT2D eigenvalue weighted by Crippen LogP contribution is 2.15. The van der Waals surface area contributed by atoms with Crippen LogP contribution in [0.2, 0.25) is 0 Å². The molecular formula is C15H23NO3. The number of esters is 1. The molecular weight excluding hydrogens is 242 g/mol. The minimum absolute atomic E-state index is 0.0962. The van der Waals surface area contributed by atoms with Gasteiger partial charge in [0.2, 0.25) is 0 Å². The molecule has 0 amide bonds. The van der Waals surface area contributed by atoms with Gasteiger partial charge in [-0.25, -0.2) is 4.79 Å². The maximum Gasteiger partial charge on any atom is 0.329 e. The first-order valence-corrected chi connectivity index (χ1v) is 6.67. The Balaban J connectivity index is 2.53. The molecule has 0 bridgehead atoms. The number of carbonyl (C=O) groups excluding carboxylic acids is 1. The summed E-state index contributed by atoms with van der Waals surface area (Å²) in [7, 11) is 0. The fourth-order valence-electron chi connectivity index (χ4n) is 1.63. The van der Waals surface area contributed by atoms with Crippen LogP contribution in [-0.4, -0.2) is 24.7 Å². The van der Waals surface area contributed by atoms with E-state index in [0.29, 0.717) is 12.4 Å². The van der Waals surface area contributed by atoms with Crippen LogP contribution in [0.4, 0.5) is 0 Å². The standard InChI is InChI=1S/C15H23NO3/c1-4-6-12-7-9-13(10-8-12)19-11-15(3,16)14(17)18-5-2/h7-10H,4-6,11,16H2,1-3H3. The second kappa shape index (κ2) is 7.14. The number of ether oxygens (including phenoxy) is 2. The summed E-state index contributed by atoms with van der Waals surface area (Å²) in [6.45, 7) is 5.91. The van der Waals surface area contributed by atoms with E-state index in [1.807, 2.05) is 24.3 Å². The fraction of sp³-hybridized carbons (Fsp3) is 0.533. The average molecular weight is 265 g/mol. The molecule has 0 aliphatic heterocycles. The predicted octanol–water partition coefficient (Wildman–Crippen LogP) is 2.30. The van der Waals surface area contributed by atoms with Gasteiger partial charge >= 0.3 is 5.97 Å². The molecule has 19 heavy (non-hydrogen) atoms. The summed E-state index contributed by atoms with van der Waals surface area (Å²) in [5.74, 6) is 0.262. The van der Waals surface area contributed by atoms with E-state index in [2.05, 4.69) is 6.92 Å². The fourth-order valence-corrected chi connectivity index (χ4v) is 1.63.